The van der Waals surface area contributed by atoms with Crippen LogP contribution in [0, 0.1) is 0 Å². The van der Waals surface area contributed by atoms with Gasteiger partial charge in [0.2, 0.25) is 0 Å². The van der Waals surface area contributed by atoms with Gasteiger partial charge in [0.05, 0.1) is 15.1 Å². The van der Waals surface area contributed by atoms with E-state index < -0.39 is 0 Å². The maximum Gasteiger partial charge on any atom is 0.270 e. The van der Waals surface area contributed by atoms with Crippen LogP contribution in [-0.2, 0) is 0 Å². The third kappa shape index (κ3) is 3.77. The number of thiazole rings is 1. The van der Waals surface area contributed by atoms with Gasteiger partial charge in [0.15, 0.2) is 5.13 Å². The molecule has 0 spiro atoms. The molecule has 0 radical (unpaired) electrons. The zero-order valence-electron chi connectivity index (χ0n) is 13.2. The molecule has 0 saturated carbocycles. The zero-order valence-corrected chi connectivity index (χ0v) is 14.9. The lowest BCUT2D eigenvalue weighted by Gasteiger charge is -2.20. The molecule has 0 aliphatic carbocycles. The van der Waals surface area contributed by atoms with Gasteiger partial charge in [0.25, 0.3) is 5.91 Å². The normalized spacial score (nSPS) is 11.3. The summed E-state index contributed by atoms with van der Waals surface area (Å²) in [5.74, 6) is 0.0396. The van der Waals surface area contributed by atoms with Crippen molar-refractivity contribution in [2.24, 2.45) is 0 Å². The average molecular weight is 345 g/mol. The number of hydrogen-bond donors (Lipinski definition) is 0. The predicted molar refractivity (Wildman–Crippen MR) is 98.8 cm³/mol. The maximum atomic E-state index is 12.8. The number of para-hydroxylation sites is 1. The Labute approximate surface area is 144 Å². The quantitative estimate of drug-likeness (QED) is 0.678. The highest BCUT2D eigenvalue weighted by atomic mass is 32.1. The molecule has 0 aliphatic rings. The van der Waals surface area contributed by atoms with E-state index in [4.69, 9.17) is 0 Å². The molecule has 0 bridgehead atoms. The van der Waals surface area contributed by atoms with E-state index in [2.05, 4.69) is 9.88 Å². The Kier molecular flexibility index (Phi) is 5.05. The largest absolute Gasteiger partial charge is 0.309 e. The summed E-state index contributed by atoms with van der Waals surface area (Å²) >= 11 is 3.05. The highest BCUT2D eigenvalue weighted by Gasteiger charge is 2.21. The van der Waals surface area contributed by atoms with Crippen LogP contribution in [0.5, 0.6) is 0 Å². The van der Waals surface area contributed by atoms with Crippen LogP contribution in [0.4, 0.5) is 5.13 Å². The summed E-state index contributed by atoms with van der Waals surface area (Å²) in [6, 6.07) is 11.8. The lowest BCUT2D eigenvalue weighted by atomic mass is 10.3. The average Bonchev–Trinajstić information content (AvgIpc) is 3.19. The fourth-order valence-electron chi connectivity index (χ4n) is 2.34. The summed E-state index contributed by atoms with van der Waals surface area (Å²) in [6.45, 7) is 1.62. The number of nitrogens with zero attached hydrogens (tertiary/aromatic N) is 3. The van der Waals surface area contributed by atoms with E-state index in [1.807, 2.05) is 60.8 Å². The van der Waals surface area contributed by atoms with Crippen molar-refractivity contribution in [3.63, 3.8) is 0 Å². The van der Waals surface area contributed by atoms with Gasteiger partial charge in [-0.3, -0.25) is 9.69 Å². The highest BCUT2D eigenvalue weighted by Crippen LogP contribution is 2.30. The molecule has 120 valence electrons. The molecule has 3 rings (SSSR count). The molecule has 0 saturated heterocycles. The van der Waals surface area contributed by atoms with Crippen LogP contribution in [0.25, 0.3) is 10.2 Å². The number of carbonyl (C=O) groups excluding carboxylic acids is 1. The Morgan fingerprint density at radius 2 is 1.96 bits per heavy atom. The number of rotatable bonds is 6. The first-order chi connectivity index (χ1) is 11.1. The Balaban J connectivity index is 1.88. The molecule has 23 heavy (non-hydrogen) atoms. The third-order valence-corrected chi connectivity index (χ3v) is 5.39. The lowest BCUT2D eigenvalue weighted by molar-refractivity contribution is 0.0990. The van der Waals surface area contributed by atoms with Crippen molar-refractivity contribution in [3.05, 3.63) is 46.7 Å². The SMILES string of the molecule is CN(C)CCCN(C(=O)c1cccs1)c1nc2ccccc2s1. The minimum atomic E-state index is 0.0396. The number of anilines is 1. The second-order valence-corrected chi connectivity index (χ2v) is 7.51. The fraction of sp³-hybridized carbons (Fsp3) is 0.294. The second-order valence-electron chi connectivity index (χ2n) is 5.56. The van der Waals surface area contributed by atoms with Gasteiger partial charge in [-0.25, -0.2) is 4.98 Å². The number of hydrogen-bond acceptors (Lipinski definition) is 5. The van der Waals surface area contributed by atoms with Crippen molar-refractivity contribution in [2.45, 2.75) is 6.42 Å². The number of amides is 1. The van der Waals surface area contributed by atoms with Crippen molar-refractivity contribution >= 4 is 43.9 Å². The molecule has 3 aromatic rings. The second kappa shape index (κ2) is 7.21. The van der Waals surface area contributed by atoms with Gasteiger partial charge < -0.3 is 4.90 Å². The highest BCUT2D eigenvalue weighted by molar-refractivity contribution is 7.22. The topological polar surface area (TPSA) is 36.4 Å². The standard InChI is InChI=1S/C17H19N3OS2/c1-19(2)10-6-11-20(16(21)15-9-5-12-22-15)17-18-13-7-3-4-8-14(13)23-17/h3-5,7-9,12H,6,10-11H2,1-2H3. The Bertz CT molecular complexity index is 747. The van der Waals surface area contributed by atoms with E-state index in [1.165, 1.54) is 11.3 Å². The molecule has 0 atom stereocenters. The zero-order chi connectivity index (χ0) is 16.2. The van der Waals surface area contributed by atoms with Crippen molar-refractivity contribution in [3.8, 4) is 0 Å². The first-order valence-electron chi connectivity index (χ1n) is 7.51. The van der Waals surface area contributed by atoms with Gasteiger partial charge in [-0.1, -0.05) is 29.5 Å². The minimum absolute atomic E-state index is 0.0396. The molecule has 2 heterocycles. The first-order valence-corrected chi connectivity index (χ1v) is 9.20. The molecule has 1 aromatic carbocycles. The van der Waals surface area contributed by atoms with Crippen molar-refractivity contribution in [2.75, 3.05) is 32.1 Å². The lowest BCUT2D eigenvalue weighted by Crippen LogP contribution is -2.32. The van der Waals surface area contributed by atoms with Gasteiger partial charge >= 0.3 is 0 Å². The number of fused-ring (bicyclic) bond motifs is 1. The van der Waals surface area contributed by atoms with Crippen LogP contribution in [-0.4, -0.2) is 43.0 Å². The van der Waals surface area contributed by atoms with Crippen molar-refractivity contribution < 1.29 is 4.79 Å². The number of aromatic nitrogens is 1. The van der Waals surface area contributed by atoms with Crippen LogP contribution in [0.1, 0.15) is 16.1 Å². The fourth-order valence-corrected chi connectivity index (χ4v) is 4.00. The molecule has 4 nitrogen and oxygen atoms in total. The summed E-state index contributed by atoms with van der Waals surface area (Å²) in [6.07, 6.45) is 0.917. The molecule has 0 fully saturated rings. The number of thiophene rings is 1. The summed E-state index contributed by atoms with van der Waals surface area (Å²) in [5.41, 5.74) is 0.948. The van der Waals surface area contributed by atoms with E-state index in [0.29, 0.717) is 6.54 Å². The Morgan fingerprint density at radius 1 is 1.13 bits per heavy atom. The van der Waals surface area contributed by atoms with E-state index in [1.54, 1.807) is 11.3 Å². The molecule has 6 heteroatoms. The monoisotopic (exact) mass is 345 g/mol. The van der Waals surface area contributed by atoms with Crippen LogP contribution >= 0.6 is 22.7 Å². The van der Waals surface area contributed by atoms with E-state index in [9.17, 15) is 4.79 Å². The molecule has 0 aliphatic heterocycles. The van der Waals surface area contributed by atoms with E-state index >= 15 is 0 Å². The molecule has 1 amide bonds. The third-order valence-electron chi connectivity index (χ3n) is 3.48. The van der Waals surface area contributed by atoms with Gasteiger partial charge in [0.1, 0.15) is 0 Å². The van der Waals surface area contributed by atoms with E-state index in [0.717, 1.165) is 33.2 Å². The maximum absolute atomic E-state index is 12.8. The number of carbonyl (C=O) groups is 1. The van der Waals surface area contributed by atoms with Crippen molar-refractivity contribution in [1.82, 2.24) is 9.88 Å². The molecule has 0 unspecified atom stereocenters. The predicted octanol–water partition coefficient (Wildman–Crippen LogP) is 3.96. The van der Waals surface area contributed by atoms with Gasteiger partial charge in [-0.2, -0.15) is 0 Å². The summed E-state index contributed by atoms with van der Waals surface area (Å²) < 4.78 is 1.11. The number of benzene rings is 1. The molecular formula is C17H19N3OS2. The van der Waals surface area contributed by atoms with Gasteiger partial charge in [-0.05, 0) is 50.6 Å². The Hall–Kier alpha value is -1.76. The Morgan fingerprint density at radius 3 is 2.65 bits per heavy atom. The molecule has 2 aromatic heterocycles. The summed E-state index contributed by atoms with van der Waals surface area (Å²) in [5, 5.41) is 2.71. The van der Waals surface area contributed by atoms with Crippen molar-refractivity contribution in [1.29, 1.82) is 0 Å². The van der Waals surface area contributed by atoms with Crippen LogP contribution in [0.15, 0.2) is 41.8 Å². The molecular weight excluding hydrogens is 326 g/mol. The first kappa shape index (κ1) is 16.1. The molecule has 0 N–H and O–H groups in total. The van der Waals surface area contributed by atoms with Crippen LogP contribution in [0.3, 0.4) is 0 Å². The van der Waals surface area contributed by atoms with Gasteiger partial charge in [-0.15, -0.1) is 11.3 Å². The minimum Gasteiger partial charge on any atom is -0.309 e. The smallest absolute Gasteiger partial charge is 0.270 e. The summed E-state index contributed by atoms with van der Waals surface area (Å²) in [4.78, 5) is 22.2. The summed E-state index contributed by atoms with van der Waals surface area (Å²) in [7, 11) is 4.09. The van der Waals surface area contributed by atoms with Gasteiger partial charge in [0, 0.05) is 6.54 Å². The van der Waals surface area contributed by atoms with Crippen LogP contribution in [0.2, 0.25) is 0 Å². The van der Waals surface area contributed by atoms with E-state index in [-0.39, 0.29) is 5.91 Å². The van der Waals surface area contributed by atoms with Crippen LogP contribution < -0.4 is 4.90 Å².